The topological polar surface area (TPSA) is 39.7 Å². The first kappa shape index (κ1) is 15.6. The Kier molecular flexibility index (Phi) is 6.86. The van der Waals surface area contributed by atoms with Gasteiger partial charge in [-0.25, -0.2) is 0 Å². The molecule has 1 aliphatic heterocycles. The molecule has 0 radical (unpaired) electrons. The number of rotatable bonds is 5. The second-order valence-corrected chi connectivity index (χ2v) is 6.25. The second-order valence-electron chi connectivity index (χ2n) is 5.27. The van der Waals surface area contributed by atoms with Gasteiger partial charge in [-0.2, -0.15) is 11.8 Å². The molecular formula is C13H28N4S. The Labute approximate surface area is 116 Å². The van der Waals surface area contributed by atoms with Crippen LogP contribution in [0.3, 0.4) is 0 Å². The molecule has 2 unspecified atom stereocenters. The van der Waals surface area contributed by atoms with Gasteiger partial charge in [0.25, 0.3) is 0 Å². The van der Waals surface area contributed by atoms with Crippen molar-refractivity contribution < 1.29 is 0 Å². The number of nitrogens with zero attached hydrogens (tertiary/aromatic N) is 2. The summed E-state index contributed by atoms with van der Waals surface area (Å²) in [6.45, 7) is 10.1. The number of hydrogen-bond acceptors (Lipinski definition) is 3. The number of aliphatic imine (C=N–C) groups is 1. The van der Waals surface area contributed by atoms with E-state index in [1.165, 1.54) is 6.54 Å². The van der Waals surface area contributed by atoms with Gasteiger partial charge in [0, 0.05) is 44.5 Å². The molecule has 1 fully saturated rings. The van der Waals surface area contributed by atoms with Crippen LogP contribution >= 0.6 is 11.8 Å². The highest BCUT2D eigenvalue weighted by atomic mass is 32.2. The highest BCUT2D eigenvalue weighted by Crippen LogP contribution is 2.18. The van der Waals surface area contributed by atoms with Gasteiger partial charge in [0.15, 0.2) is 5.96 Å². The average Bonchev–Trinajstić information content (AvgIpc) is 2.70. The van der Waals surface area contributed by atoms with Gasteiger partial charge < -0.3 is 10.6 Å². The van der Waals surface area contributed by atoms with Gasteiger partial charge in [0.1, 0.15) is 0 Å². The van der Waals surface area contributed by atoms with Gasteiger partial charge in [-0.1, -0.05) is 6.92 Å². The van der Waals surface area contributed by atoms with E-state index in [0.29, 0.717) is 18.0 Å². The van der Waals surface area contributed by atoms with Gasteiger partial charge in [0.05, 0.1) is 0 Å². The van der Waals surface area contributed by atoms with Gasteiger partial charge in [-0.05, 0) is 26.0 Å². The zero-order chi connectivity index (χ0) is 13.5. The Hall–Kier alpha value is -0.420. The minimum Gasteiger partial charge on any atom is -0.356 e. The molecule has 0 aliphatic carbocycles. The smallest absolute Gasteiger partial charge is 0.191 e. The average molecular weight is 272 g/mol. The first-order chi connectivity index (χ1) is 8.58. The summed E-state index contributed by atoms with van der Waals surface area (Å²) in [6, 6.07) is 1.14. The number of nitrogens with one attached hydrogen (secondary N) is 2. The molecule has 0 bridgehead atoms. The fraction of sp³-hybridized carbons (Fsp3) is 0.923. The molecule has 5 heteroatoms. The molecule has 106 valence electrons. The summed E-state index contributed by atoms with van der Waals surface area (Å²) in [5.41, 5.74) is 0. The van der Waals surface area contributed by atoms with Crippen LogP contribution in [0.5, 0.6) is 0 Å². The van der Waals surface area contributed by atoms with E-state index >= 15 is 0 Å². The molecule has 0 aromatic heterocycles. The quantitative estimate of drug-likeness (QED) is 0.449. The zero-order valence-corrected chi connectivity index (χ0v) is 13.2. The largest absolute Gasteiger partial charge is 0.356 e. The molecule has 4 nitrogen and oxygen atoms in total. The van der Waals surface area contributed by atoms with Crippen LogP contribution in [0.2, 0.25) is 0 Å². The third-order valence-corrected chi connectivity index (χ3v) is 4.13. The molecule has 0 amide bonds. The lowest BCUT2D eigenvalue weighted by molar-refractivity contribution is 0.265. The maximum atomic E-state index is 4.29. The standard InChI is InChI=1S/C13H28N4S/c1-10(2)17-8-11(3)12(9-17)16-13(14-4)15-6-7-18-5/h10-12H,6-9H2,1-5H3,(H2,14,15,16). The molecule has 2 N–H and O–H groups in total. The molecule has 2 atom stereocenters. The predicted molar refractivity (Wildman–Crippen MR) is 82.5 cm³/mol. The summed E-state index contributed by atoms with van der Waals surface area (Å²) >= 11 is 1.85. The summed E-state index contributed by atoms with van der Waals surface area (Å²) < 4.78 is 0. The van der Waals surface area contributed by atoms with Crippen LogP contribution in [0.4, 0.5) is 0 Å². The molecule has 1 heterocycles. The molecule has 0 aromatic rings. The Morgan fingerprint density at radius 2 is 2.17 bits per heavy atom. The Morgan fingerprint density at radius 1 is 1.44 bits per heavy atom. The van der Waals surface area contributed by atoms with E-state index in [0.717, 1.165) is 24.8 Å². The Balaban J connectivity index is 2.40. The van der Waals surface area contributed by atoms with Crippen molar-refractivity contribution >= 4 is 17.7 Å². The van der Waals surface area contributed by atoms with E-state index in [-0.39, 0.29) is 0 Å². The molecular weight excluding hydrogens is 244 g/mol. The predicted octanol–water partition coefficient (Wildman–Crippen LogP) is 1.24. The lowest BCUT2D eigenvalue weighted by atomic mass is 10.1. The van der Waals surface area contributed by atoms with Crippen LogP contribution in [0.15, 0.2) is 4.99 Å². The van der Waals surface area contributed by atoms with Crippen LogP contribution in [0.1, 0.15) is 20.8 Å². The van der Waals surface area contributed by atoms with E-state index in [2.05, 4.69) is 47.6 Å². The minimum absolute atomic E-state index is 0.507. The Bertz CT molecular complexity index is 268. The third-order valence-electron chi connectivity index (χ3n) is 3.52. The number of hydrogen-bond donors (Lipinski definition) is 2. The summed E-state index contributed by atoms with van der Waals surface area (Å²) in [6.07, 6.45) is 2.12. The van der Waals surface area contributed by atoms with Gasteiger partial charge in [0.2, 0.25) is 0 Å². The Morgan fingerprint density at radius 3 is 2.67 bits per heavy atom. The van der Waals surface area contributed by atoms with E-state index in [9.17, 15) is 0 Å². The van der Waals surface area contributed by atoms with Gasteiger partial charge in [-0.15, -0.1) is 0 Å². The zero-order valence-electron chi connectivity index (χ0n) is 12.4. The highest BCUT2D eigenvalue weighted by Gasteiger charge is 2.31. The van der Waals surface area contributed by atoms with Crippen LogP contribution < -0.4 is 10.6 Å². The fourth-order valence-electron chi connectivity index (χ4n) is 2.26. The summed E-state index contributed by atoms with van der Waals surface area (Å²) in [5.74, 6) is 2.72. The molecule has 1 rings (SSSR count). The first-order valence-electron chi connectivity index (χ1n) is 6.78. The van der Waals surface area contributed by atoms with Gasteiger partial charge in [-0.3, -0.25) is 9.89 Å². The number of guanidine groups is 1. The molecule has 18 heavy (non-hydrogen) atoms. The molecule has 0 spiro atoms. The summed E-state index contributed by atoms with van der Waals surface area (Å²) in [4.78, 5) is 6.82. The first-order valence-corrected chi connectivity index (χ1v) is 8.18. The number of likely N-dealkylation sites (tertiary alicyclic amines) is 1. The van der Waals surface area contributed by atoms with E-state index < -0.39 is 0 Å². The van der Waals surface area contributed by atoms with E-state index in [4.69, 9.17) is 0 Å². The van der Waals surface area contributed by atoms with Crippen LogP contribution in [-0.2, 0) is 0 Å². The van der Waals surface area contributed by atoms with E-state index in [1.54, 1.807) is 0 Å². The van der Waals surface area contributed by atoms with Crippen molar-refractivity contribution in [3.05, 3.63) is 0 Å². The van der Waals surface area contributed by atoms with Crippen molar-refractivity contribution in [2.24, 2.45) is 10.9 Å². The maximum absolute atomic E-state index is 4.29. The fourth-order valence-corrected chi connectivity index (χ4v) is 2.56. The minimum atomic E-state index is 0.507. The molecule has 1 saturated heterocycles. The summed E-state index contributed by atoms with van der Waals surface area (Å²) in [7, 11) is 1.84. The third kappa shape index (κ3) is 4.69. The highest BCUT2D eigenvalue weighted by molar-refractivity contribution is 7.98. The molecule has 0 aromatic carbocycles. The maximum Gasteiger partial charge on any atom is 0.191 e. The van der Waals surface area contributed by atoms with Crippen molar-refractivity contribution in [2.75, 3.05) is 38.7 Å². The van der Waals surface area contributed by atoms with E-state index in [1.807, 2.05) is 18.8 Å². The van der Waals surface area contributed by atoms with Crippen LogP contribution in [-0.4, -0.2) is 61.6 Å². The van der Waals surface area contributed by atoms with Crippen molar-refractivity contribution in [1.82, 2.24) is 15.5 Å². The number of thioether (sulfide) groups is 1. The van der Waals surface area contributed by atoms with Crippen molar-refractivity contribution in [2.45, 2.75) is 32.9 Å². The second kappa shape index (κ2) is 7.89. The van der Waals surface area contributed by atoms with Crippen molar-refractivity contribution in [3.63, 3.8) is 0 Å². The van der Waals surface area contributed by atoms with Crippen molar-refractivity contribution in [3.8, 4) is 0 Å². The van der Waals surface area contributed by atoms with Crippen molar-refractivity contribution in [1.29, 1.82) is 0 Å². The van der Waals surface area contributed by atoms with Gasteiger partial charge >= 0.3 is 0 Å². The SMILES string of the molecule is CN=C(NCCSC)NC1CN(C(C)C)CC1C. The lowest BCUT2D eigenvalue weighted by Crippen LogP contribution is -2.47. The normalized spacial score (nSPS) is 25.8. The summed E-state index contributed by atoms with van der Waals surface area (Å²) in [5, 5.41) is 6.91. The monoisotopic (exact) mass is 272 g/mol. The molecule has 0 saturated carbocycles. The van der Waals surface area contributed by atoms with Crippen LogP contribution in [0.25, 0.3) is 0 Å². The lowest BCUT2D eigenvalue weighted by Gasteiger charge is -2.21. The van der Waals surface area contributed by atoms with Crippen LogP contribution in [0, 0.1) is 5.92 Å². The molecule has 1 aliphatic rings.